The second kappa shape index (κ2) is 9.69. The first kappa shape index (κ1) is 21.0. The molecular formula is C23H30N4O2S. The van der Waals surface area contributed by atoms with Crippen LogP contribution in [0.25, 0.3) is 11.4 Å². The fourth-order valence-electron chi connectivity index (χ4n) is 4.86. The van der Waals surface area contributed by atoms with Gasteiger partial charge in [0, 0.05) is 19.1 Å². The van der Waals surface area contributed by atoms with Gasteiger partial charge in [-0.15, -0.1) is 16.8 Å². The van der Waals surface area contributed by atoms with E-state index in [1.54, 1.807) is 7.11 Å². The lowest BCUT2D eigenvalue weighted by molar-refractivity contribution is -0.134. The quantitative estimate of drug-likeness (QED) is 0.485. The van der Waals surface area contributed by atoms with Crippen molar-refractivity contribution in [2.75, 3.05) is 19.4 Å². The third-order valence-corrected chi connectivity index (χ3v) is 7.22. The average Bonchev–Trinajstić information content (AvgIpc) is 3.19. The number of carbonyl (C=O) groups is 1. The summed E-state index contributed by atoms with van der Waals surface area (Å²) in [4.78, 5) is 15.2. The number of hydrogen-bond donors (Lipinski definition) is 0. The zero-order valence-electron chi connectivity index (χ0n) is 17.6. The fraction of sp³-hybridized carbons (Fsp3) is 0.522. The van der Waals surface area contributed by atoms with Gasteiger partial charge in [-0.05, 0) is 43.7 Å². The smallest absolute Gasteiger partial charge is 0.233 e. The van der Waals surface area contributed by atoms with E-state index in [0.717, 1.165) is 41.7 Å². The number of ether oxygens (including phenoxy) is 1. The summed E-state index contributed by atoms with van der Waals surface area (Å²) >= 11 is 1.47. The molecule has 0 radical (unpaired) electrons. The molecule has 1 aromatic carbocycles. The number of rotatable bonds is 7. The molecule has 0 unspecified atom stereocenters. The molecule has 1 saturated carbocycles. The second-order valence-electron chi connectivity index (χ2n) is 8.04. The van der Waals surface area contributed by atoms with Gasteiger partial charge in [-0.1, -0.05) is 42.8 Å². The number of hydrogen-bond acceptors (Lipinski definition) is 5. The molecule has 6 nitrogen and oxygen atoms in total. The van der Waals surface area contributed by atoms with E-state index in [0.29, 0.717) is 24.3 Å². The first-order valence-corrected chi connectivity index (χ1v) is 11.8. The number of nitrogens with zero attached hydrogens (tertiary/aromatic N) is 4. The van der Waals surface area contributed by atoms with Gasteiger partial charge < -0.3 is 9.64 Å². The van der Waals surface area contributed by atoms with Crippen molar-refractivity contribution in [3.8, 4) is 17.1 Å². The highest BCUT2D eigenvalue weighted by Gasteiger charge is 2.35. The number of fused-ring (bicyclic) bond motifs is 1. The molecule has 4 rings (SSSR count). The molecule has 2 atom stereocenters. The van der Waals surface area contributed by atoms with Gasteiger partial charge in [-0.3, -0.25) is 9.36 Å². The van der Waals surface area contributed by atoms with Crippen LogP contribution < -0.4 is 4.74 Å². The highest BCUT2D eigenvalue weighted by Crippen LogP contribution is 2.36. The molecule has 7 heteroatoms. The summed E-state index contributed by atoms with van der Waals surface area (Å²) in [5.41, 5.74) is 0.883. The van der Waals surface area contributed by atoms with Crippen LogP contribution in [0.4, 0.5) is 0 Å². The summed E-state index contributed by atoms with van der Waals surface area (Å²) in [7, 11) is 1.65. The van der Waals surface area contributed by atoms with Crippen molar-refractivity contribution >= 4 is 17.7 Å². The van der Waals surface area contributed by atoms with E-state index in [9.17, 15) is 4.79 Å². The normalized spacial score (nSPS) is 21.2. The maximum Gasteiger partial charge on any atom is 0.233 e. The largest absolute Gasteiger partial charge is 0.496 e. The van der Waals surface area contributed by atoms with Crippen molar-refractivity contribution in [3.05, 3.63) is 36.9 Å². The van der Waals surface area contributed by atoms with Crippen molar-refractivity contribution in [1.82, 2.24) is 19.7 Å². The average molecular weight is 427 g/mol. The Bertz CT molecular complexity index is 895. The number of carbonyl (C=O) groups excluding carboxylic acids is 1. The Hall–Kier alpha value is -2.28. The predicted molar refractivity (Wildman–Crippen MR) is 120 cm³/mol. The first-order chi connectivity index (χ1) is 14.7. The lowest BCUT2D eigenvalue weighted by Gasteiger charge is -2.44. The molecule has 30 heavy (non-hydrogen) atoms. The van der Waals surface area contributed by atoms with E-state index in [1.807, 2.05) is 34.9 Å². The zero-order valence-corrected chi connectivity index (χ0v) is 18.4. The van der Waals surface area contributed by atoms with E-state index in [1.165, 1.54) is 37.4 Å². The second-order valence-corrected chi connectivity index (χ2v) is 8.98. The van der Waals surface area contributed by atoms with Crippen LogP contribution >= 0.6 is 11.8 Å². The molecule has 1 aromatic heterocycles. The predicted octanol–water partition coefficient (Wildman–Crippen LogP) is 4.41. The number of allylic oxidation sites excluding steroid dienone is 1. The molecule has 1 amide bonds. The summed E-state index contributed by atoms with van der Waals surface area (Å²) < 4.78 is 7.50. The molecule has 2 heterocycles. The van der Waals surface area contributed by atoms with Gasteiger partial charge in [0.05, 0.1) is 18.4 Å². The van der Waals surface area contributed by atoms with E-state index >= 15 is 0 Å². The Morgan fingerprint density at radius 3 is 2.87 bits per heavy atom. The third kappa shape index (κ3) is 4.26. The van der Waals surface area contributed by atoms with Crippen LogP contribution in [0.1, 0.15) is 38.5 Å². The van der Waals surface area contributed by atoms with Gasteiger partial charge in [-0.2, -0.15) is 0 Å². The number of amides is 1. The Kier molecular flexibility index (Phi) is 6.77. The highest BCUT2D eigenvalue weighted by molar-refractivity contribution is 7.99. The third-order valence-electron chi connectivity index (χ3n) is 6.26. The molecule has 160 valence electrons. The minimum Gasteiger partial charge on any atom is -0.496 e. The van der Waals surface area contributed by atoms with Crippen LogP contribution in [0.3, 0.4) is 0 Å². The molecule has 1 aliphatic carbocycles. The lowest BCUT2D eigenvalue weighted by Crippen LogP contribution is -2.50. The van der Waals surface area contributed by atoms with Gasteiger partial charge in [0.2, 0.25) is 5.91 Å². The molecule has 2 fully saturated rings. The zero-order chi connectivity index (χ0) is 20.9. The molecule has 1 aliphatic heterocycles. The minimum absolute atomic E-state index is 0.226. The van der Waals surface area contributed by atoms with Gasteiger partial charge in [0.25, 0.3) is 0 Å². The van der Waals surface area contributed by atoms with E-state index in [2.05, 4.69) is 21.7 Å². The molecular weight excluding hydrogens is 396 g/mol. The summed E-state index contributed by atoms with van der Waals surface area (Å²) in [6.07, 6.45) is 9.22. The number of methoxy groups -OCH3 is 1. The van der Waals surface area contributed by atoms with Gasteiger partial charge in [-0.25, -0.2) is 0 Å². The fourth-order valence-corrected chi connectivity index (χ4v) is 5.70. The molecule has 0 spiro atoms. The van der Waals surface area contributed by atoms with Gasteiger partial charge >= 0.3 is 0 Å². The Morgan fingerprint density at radius 2 is 2.03 bits per heavy atom. The molecule has 0 bridgehead atoms. The highest BCUT2D eigenvalue weighted by atomic mass is 32.2. The van der Waals surface area contributed by atoms with Crippen molar-refractivity contribution in [3.63, 3.8) is 0 Å². The Balaban J connectivity index is 1.50. The van der Waals surface area contributed by atoms with Gasteiger partial charge in [0.15, 0.2) is 11.0 Å². The number of piperidine rings is 1. The lowest BCUT2D eigenvalue weighted by atomic mass is 9.78. The maximum absolute atomic E-state index is 13.1. The number of aromatic nitrogens is 3. The maximum atomic E-state index is 13.1. The Morgan fingerprint density at radius 1 is 1.23 bits per heavy atom. The summed E-state index contributed by atoms with van der Waals surface area (Å²) in [5, 5.41) is 9.53. The van der Waals surface area contributed by atoms with Crippen molar-refractivity contribution in [1.29, 1.82) is 0 Å². The minimum atomic E-state index is 0.226. The number of para-hydroxylation sites is 1. The van der Waals surface area contributed by atoms with Crippen molar-refractivity contribution in [2.24, 2.45) is 5.92 Å². The van der Waals surface area contributed by atoms with E-state index < -0.39 is 0 Å². The van der Waals surface area contributed by atoms with E-state index in [-0.39, 0.29) is 5.91 Å². The van der Waals surface area contributed by atoms with Gasteiger partial charge in [0.1, 0.15) is 5.75 Å². The van der Waals surface area contributed by atoms with Crippen LogP contribution in [0, 0.1) is 5.92 Å². The summed E-state index contributed by atoms with van der Waals surface area (Å²) in [5.74, 6) is 2.79. The topological polar surface area (TPSA) is 60.2 Å². The van der Waals surface area contributed by atoms with Crippen LogP contribution in [-0.2, 0) is 11.3 Å². The van der Waals surface area contributed by atoms with Crippen molar-refractivity contribution in [2.45, 2.75) is 56.3 Å². The summed E-state index contributed by atoms with van der Waals surface area (Å²) in [6.45, 7) is 5.35. The number of benzene rings is 1. The SMILES string of the molecule is C=CCn1c(SCC(=O)N2CCC[C@H]3CCCC[C@@H]32)nnc1-c1ccccc1OC. The summed E-state index contributed by atoms with van der Waals surface area (Å²) in [6, 6.07) is 8.21. The molecule has 0 N–H and O–H groups in total. The molecule has 1 saturated heterocycles. The van der Waals surface area contributed by atoms with Crippen LogP contribution in [0.5, 0.6) is 5.75 Å². The number of likely N-dealkylation sites (tertiary alicyclic amines) is 1. The van der Waals surface area contributed by atoms with Crippen LogP contribution in [-0.4, -0.2) is 51.0 Å². The van der Waals surface area contributed by atoms with Crippen LogP contribution in [0.15, 0.2) is 42.1 Å². The Labute approximate surface area is 182 Å². The molecule has 2 aromatic rings. The standard InChI is InChI=1S/C23H30N4O2S/c1-3-14-27-22(18-11-5-7-13-20(18)29-2)24-25-23(27)30-16-21(28)26-15-8-10-17-9-4-6-12-19(17)26/h3,5,7,11,13,17,19H,1,4,6,8-10,12,14-16H2,2H3/t17-,19+/m1/s1. The molecule has 2 aliphatic rings. The monoisotopic (exact) mass is 426 g/mol. The van der Waals surface area contributed by atoms with E-state index in [4.69, 9.17) is 4.74 Å². The number of thioether (sulfide) groups is 1. The first-order valence-electron chi connectivity index (χ1n) is 10.8. The van der Waals surface area contributed by atoms with Crippen LogP contribution in [0.2, 0.25) is 0 Å². The van der Waals surface area contributed by atoms with Crippen molar-refractivity contribution < 1.29 is 9.53 Å².